The molecule has 1 saturated heterocycles. The number of sulfonamides is 1. The molecule has 1 fully saturated rings. The second-order valence-electron chi connectivity index (χ2n) is 7.93. The molecule has 0 N–H and O–H groups in total. The van der Waals surface area contributed by atoms with Crippen LogP contribution in [0.3, 0.4) is 0 Å². The number of nitro benzene ring substituents is 1. The number of piperazine rings is 1. The van der Waals surface area contributed by atoms with E-state index in [4.69, 9.17) is 4.42 Å². The Morgan fingerprint density at radius 3 is 2.50 bits per heavy atom. The fourth-order valence-corrected chi connectivity index (χ4v) is 5.57. The zero-order valence-corrected chi connectivity index (χ0v) is 18.6. The highest BCUT2D eigenvalue weighted by Crippen LogP contribution is 2.26. The van der Waals surface area contributed by atoms with Crippen LogP contribution in [0.15, 0.2) is 52.0 Å². The van der Waals surface area contributed by atoms with E-state index in [-0.39, 0.29) is 49.1 Å². The normalized spacial score (nSPS) is 15.2. The third-order valence-electron chi connectivity index (χ3n) is 5.74. The number of rotatable bonds is 5. The van der Waals surface area contributed by atoms with Crippen LogP contribution in [-0.4, -0.2) is 54.6 Å². The molecule has 4 rings (SSSR count). The summed E-state index contributed by atoms with van der Waals surface area (Å²) < 4.78 is 33.0. The lowest BCUT2D eigenvalue weighted by Gasteiger charge is -2.34. The highest BCUT2D eigenvalue weighted by atomic mass is 32.2. The summed E-state index contributed by atoms with van der Waals surface area (Å²) in [6.07, 6.45) is 1.76. The molecular formula is C22H23N3O6S. The number of fused-ring (bicyclic) bond motifs is 1. The number of carbonyl (C=O) groups is 1. The minimum Gasteiger partial charge on any atom is -0.464 e. The third-order valence-corrected chi connectivity index (χ3v) is 7.79. The van der Waals surface area contributed by atoms with Gasteiger partial charge in [-0.05, 0) is 31.0 Å². The Labute approximate surface area is 185 Å². The molecule has 0 unspecified atom stereocenters. The summed E-state index contributed by atoms with van der Waals surface area (Å²) in [6.45, 7) is 4.33. The van der Waals surface area contributed by atoms with Crippen molar-refractivity contribution in [3.63, 3.8) is 0 Å². The number of aryl methyl sites for hydroxylation is 2. The van der Waals surface area contributed by atoms with E-state index < -0.39 is 14.9 Å². The topological polar surface area (TPSA) is 114 Å². The van der Waals surface area contributed by atoms with E-state index in [1.807, 2.05) is 25.1 Å². The van der Waals surface area contributed by atoms with Crippen LogP contribution in [0.5, 0.6) is 0 Å². The van der Waals surface area contributed by atoms with Crippen LogP contribution < -0.4 is 0 Å². The SMILES string of the molecule is Cc1ccc2c(CC(=O)N3CCN(S(=O)(=O)c4cc([N+](=O)[O-])ccc4C)CC3)coc2c1. The van der Waals surface area contributed by atoms with Gasteiger partial charge in [0.1, 0.15) is 5.58 Å². The van der Waals surface area contributed by atoms with E-state index in [0.717, 1.165) is 28.2 Å². The zero-order chi connectivity index (χ0) is 23.0. The average Bonchev–Trinajstić information content (AvgIpc) is 3.15. The van der Waals surface area contributed by atoms with Gasteiger partial charge in [0.25, 0.3) is 5.69 Å². The molecule has 2 aromatic carbocycles. The molecule has 1 aromatic heterocycles. The smallest absolute Gasteiger partial charge is 0.270 e. The van der Waals surface area contributed by atoms with E-state index in [1.165, 1.54) is 16.4 Å². The molecule has 168 valence electrons. The Morgan fingerprint density at radius 2 is 1.81 bits per heavy atom. The standard InChI is InChI=1S/C22H23N3O6S/c1-15-3-6-19-17(14-31-20(19)11-15)12-22(26)23-7-9-24(10-8-23)32(29,30)21-13-18(25(27)28)5-4-16(21)2/h3-6,11,13-14H,7-10,12H2,1-2H3. The molecule has 0 spiro atoms. The summed E-state index contributed by atoms with van der Waals surface area (Å²) in [7, 11) is -3.90. The summed E-state index contributed by atoms with van der Waals surface area (Å²) in [4.78, 5) is 24.8. The number of non-ortho nitro benzene ring substituents is 1. The van der Waals surface area contributed by atoms with Gasteiger partial charge in [0.15, 0.2) is 0 Å². The first-order valence-electron chi connectivity index (χ1n) is 10.2. The minimum atomic E-state index is -3.90. The molecular weight excluding hydrogens is 434 g/mol. The molecule has 10 heteroatoms. The van der Waals surface area contributed by atoms with Gasteiger partial charge < -0.3 is 9.32 Å². The van der Waals surface area contributed by atoms with Gasteiger partial charge in [0.05, 0.1) is 22.5 Å². The predicted octanol–water partition coefficient (Wildman–Crippen LogP) is 3.03. The van der Waals surface area contributed by atoms with Crippen LogP contribution >= 0.6 is 0 Å². The van der Waals surface area contributed by atoms with Crippen molar-refractivity contribution in [2.45, 2.75) is 25.2 Å². The Bertz CT molecular complexity index is 1310. The fraction of sp³-hybridized carbons (Fsp3) is 0.318. The maximum atomic E-state index is 13.1. The average molecular weight is 458 g/mol. The summed E-state index contributed by atoms with van der Waals surface area (Å²) in [5, 5.41) is 12.0. The van der Waals surface area contributed by atoms with Crippen LogP contribution in [0.1, 0.15) is 16.7 Å². The summed E-state index contributed by atoms with van der Waals surface area (Å²) in [5.74, 6) is -0.100. The monoisotopic (exact) mass is 457 g/mol. The van der Waals surface area contributed by atoms with E-state index in [1.54, 1.807) is 18.1 Å². The second kappa shape index (κ2) is 8.36. The highest BCUT2D eigenvalue weighted by molar-refractivity contribution is 7.89. The molecule has 0 bridgehead atoms. The van der Waals surface area contributed by atoms with E-state index in [2.05, 4.69) is 0 Å². The number of furan rings is 1. The Morgan fingerprint density at radius 1 is 1.09 bits per heavy atom. The van der Waals surface area contributed by atoms with Crippen LogP contribution in [0.25, 0.3) is 11.0 Å². The fourth-order valence-electron chi connectivity index (χ4n) is 3.90. The van der Waals surface area contributed by atoms with Crippen LogP contribution in [-0.2, 0) is 21.2 Å². The van der Waals surface area contributed by atoms with Crippen molar-refractivity contribution in [1.82, 2.24) is 9.21 Å². The van der Waals surface area contributed by atoms with E-state index in [0.29, 0.717) is 5.56 Å². The second-order valence-corrected chi connectivity index (χ2v) is 9.84. The molecule has 9 nitrogen and oxygen atoms in total. The van der Waals surface area contributed by atoms with Gasteiger partial charge in [0.2, 0.25) is 15.9 Å². The van der Waals surface area contributed by atoms with Crippen molar-refractivity contribution < 1.29 is 22.6 Å². The maximum Gasteiger partial charge on any atom is 0.270 e. The number of amides is 1. The molecule has 1 aliphatic rings. The predicted molar refractivity (Wildman–Crippen MR) is 118 cm³/mol. The van der Waals surface area contributed by atoms with Crippen molar-refractivity contribution in [3.05, 3.63) is 69.5 Å². The molecule has 0 aliphatic carbocycles. The lowest BCUT2D eigenvalue weighted by molar-refractivity contribution is -0.385. The number of hydrogen-bond acceptors (Lipinski definition) is 6. The van der Waals surface area contributed by atoms with Gasteiger partial charge >= 0.3 is 0 Å². The number of benzene rings is 2. The van der Waals surface area contributed by atoms with Crippen molar-refractivity contribution in [2.75, 3.05) is 26.2 Å². The first-order valence-corrected chi connectivity index (χ1v) is 11.6. The number of nitrogens with zero attached hydrogens (tertiary/aromatic N) is 3. The summed E-state index contributed by atoms with van der Waals surface area (Å²) in [5.41, 5.74) is 2.77. The lowest BCUT2D eigenvalue weighted by Crippen LogP contribution is -2.50. The van der Waals surface area contributed by atoms with E-state index in [9.17, 15) is 23.3 Å². The first-order chi connectivity index (χ1) is 15.2. The molecule has 0 radical (unpaired) electrons. The van der Waals surface area contributed by atoms with Crippen molar-refractivity contribution in [1.29, 1.82) is 0 Å². The van der Waals surface area contributed by atoms with Crippen molar-refractivity contribution in [3.8, 4) is 0 Å². The number of hydrogen-bond donors (Lipinski definition) is 0. The molecule has 1 aliphatic heterocycles. The van der Waals surface area contributed by atoms with Gasteiger partial charge in [-0.25, -0.2) is 8.42 Å². The first kappa shape index (κ1) is 22.0. The molecule has 0 saturated carbocycles. The van der Waals surface area contributed by atoms with Gasteiger partial charge in [-0.1, -0.05) is 18.2 Å². The van der Waals surface area contributed by atoms with Crippen LogP contribution in [0, 0.1) is 24.0 Å². The summed E-state index contributed by atoms with van der Waals surface area (Å²) >= 11 is 0. The van der Waals surface area contributed by atoms with Gasteiger partial charge in [0, 0.05) is 49.3 Å². The maximum absolute atomic E-state index is 13.1. The van der Waals surface area contributed by atoms with Gasteiger partial charge in [-0.2, -0.15) is 4.31 Å². The van der Waals surface area contributed by atoms with Crippen molar-refractivity contribution >= 4 is 32.6 Å². The highest BCUT2D eigenvalue weighted by Gasteiger charge is 2.32. The molecule has 1 amide bonds. The van der Waals surface area contributed by atoms with E-state index >= 15 is 0 Å². The Balaban J connectivity index is 1.45. The summed E-state index contributed by atoms with van der Waals surface area (Å²) in [6, 6.07) is 9.62. The van der Waals surface area contributed by atoms with Gasteiger partial charge in [-0.3, -0.25) is 14.9 Å². The third kappa shape index (κ3) is 4.11. The van der Waals surface area contributed by atoms with Crippen molar-refractivity contribution in [2.24, 2.45) is 0 Å². The zero-order valence-electron chi connectivity index (χ0n) is 17.8. The minimum absolute atomic E-state index is 0.0772. The number of nitro groups is 1. The molecule has 32 heavy (non-hydrogen) atoms. The number of carbonyl (C=O) groups excluding carboxylic acids is 1. The quantitative estimate of drug-likeness (QED) is 0.430. The van der Waals surface area contributed by atoms with Crippen LogP contribution in [0.4, 0.5) is 5.69 Å². The largest absolute Gasteiger partial charge is 0.464 e. The molecule has 2 heterocycles. The molecule has 3 aromatic rings. The van der Waals surface area contributed by atoms with Gasteiger partial charge in [-0.15, -0.1) is 0 Å². The van der Waals surface area contributed by atoms with Crippen LogP contribution in [0.2, 0.25) is 0 Å². The lowest BCUT2D eigenvalue weighted by atomic mass is 10.1. The Kier molecular flexibility index (Phi) is 5.74. The Hall–Kier alpha value is -3.24. The molecule has 0 atom stereocenters.